The van der Waals surface area contributed by atoms with Gasteiger partial charge in [-0.15, -0.1) is 11.3 Å². The van der Waals surface area contributed by atoms with E-state index in [4.69, 9.17) is 11.0 Å². The maximum absolute atomic E-state index is 9.16. The molecule has 0 bridgehead atoms. The second-order valence-electron chi connectivity index (χ2n) is 4.51. The summed E-state index contributed by atoms with van der Waals surface area (Å²) < 4.78 is 2.00. The van der Waals surface area contributed by atoms with Crippen LogP contribution in [0.15, 0.2) is 6.20 Å². The third-order valence-electron chi connectivity index (χ3n) is 3.29. The van der Waals surface area contributed by atoms with E-state index in [9.17, 15) is 0 Å². The molecule has 3 rings (SSSR count). The van der Waals surface area contributed by atoms with Crippen molar-refractivity contribution in [2.45, 2.75) is 32.7 Å². The Morgan fingerprint density at radius 1 is 1.56 bits per heavy atom. The lowest BCUT2D eigenvalue weighted by atomic mass is 9.94. The Morgan fingerprint density at radius 2 is 2.39 bits per heavy atom. The largest absolute Gasteiger partial charge is 0.389 e. The van der Waals surface area contributed by atoms with Crippen molar-refractivity contribution in [3.05, 3.63) is 23.0 Å². The van der Waals surface area contributed by atoms with Crippen LogP contribution in [0.1, 0.15) is 30.2 Å². The molecule has 1 aliphatic rings. The number of rotatable bonds is 2. The molecule has 4 nitrogen and oxygen atoms in total. The van der Waals surface area contributed by atoms with E-state index < -0.39 is 0 Å². The SMILES string of the molecule is CCCn1cc2c(n1)CCc1c-2sc(N)c1C#N. The van der Waals surface area contributed by atoms with Crippen LogP contribution in [0.4, 0.5) is 5.00 Å². The molecular weight excluding hydrogens is 244 g/mol. The Kier molecular flexibility index (Phi) is 2.60. The van der Waals surface area contributed by atoms with Gasteiger partial charge in [0.25, 0.3) is 0 Å². The molecular formula is C13H14N4S. The zero-order valence-electron chi connectivity index (χ0n) is 10.2. The number of nitriles is 1. The third kappa shape index (κ3) is 1.53. The molecule has 1 aliphatic carbocycles. The molecule has 2 heterocycles. The first-order chi connectivity index (χ1) is 8.74. The van der Waals surface area contributed by atoms with Gasteiger partial charge in [-0.25, -0.2) is 0 Å². The summed E-state index contributed by atoms with van der Waals surface area (Å²) in [6, 6.07) is 2.22. The van der Waals surface area contributed by atoms with Crippen LogP contribution in [0.5, 0.6) is 0 Å². The van der Waals surface area contributed by atoms with Gasteiger partial charge in [0.15, 0.2) is 0 Å². The molecule has 2 N–H and O–H groups in total. The lowest BCUT2D eigenvalue weighted by Gasteiger charge is -2.09. The number of nitrogens with two attached hydrogens (primary N) is 1. The van der Waals surface area contributed by atoms with Crippen LogP contribution < -0.4 is 5.73 Å². The highest BCUT2D eigenvalue weighted by molar-refractivity contribution is 7.19. The van der Waals surface area contributed by atoms with Crippen LogP contribution in [0.2, 0.25) is 0 Å². The second kappa shape index (κ2) is 4.14. The van der Waals surface area contributed by atoms with Crippen LogP contribution in [-0.4, -0.2) is 9.78 Å². The van der Waals surface area contributed by atoms with Crippen molar-refractivity contribution in [2.75, 3.05) is 5.73 Å². The van der Waals surface area contributed by atoms with Gasteiger partial charge in [0.2, 0.25) is 0 Å². The summed E-state index contributed by atoms with van der Waals surface area (Å²) in [5.74, 6) is 0. The summed E-state index contributed by atoms with van der Waals surface area (Å²) in [5.41, 5.74) is 10.0. The molecule has 0 fully saturated rings. The molecule has 0 radical (unpaired) electrons. The summed E-state index contributed by atoms with van der Waals surface area (Å²) in [7, 11) is 0. The van der Waals surface area contributed by atoms with E-state index in [0.29, 0.717) is 10.6 Å². The van der Waals surface area contributed by atoms with Crippen LogP contribution in [-0.2, 0) is 19.4 Å². The maximum atomic E-state index is 9.16. The van der Waals surface area contributed by atoms with Gasteiger partial charge in [-0.1, -0.05) is 6.92 Å². The molecule has 0 saturated carbocycles. The minimum Gasteiger partial charge on any atom is -0.389 e. The zero-order valence-corrected chi connectivity index (χ0v) is 11.0. The average Bonchev–Trinajstić information content (AvgIpc) is 2.88. The fraction of sp³-hybridized carbons (Fsp3) is 0.385. The molecule has 0 aliphatic heterocycles. The topological polar surface area (TPSA) is 67.6 Å². The summed E-state index contributed by atoms with van der Waals surface area (Å²) in [5, 5.41) is 14.4. The Bertz CT molecular complexity index is 645. The van der Waals surface area contributed by atoms with Crippen molar-refractivity contribution in [1.82, 2.24) is 9.78 Å². The Hall–Kier alpha value is -1.80. The molecule has 2 aromatic heterocycles. The fourth-order valence-electron chi connectivity index (χ4n) is 2.49. The lowest BCUT2D eigenvalue weighted by Crippen LogP contribution is -2.03. The minimum absolute atomic E-state index is 0.638. The second-order valence-corrected chi connectivity index (χ2v) is 5.57. The van der Waals surface area contributed by atoms with Gasteiger partial charge < -0.3 is 5.73 Å². The van der Waals surface area contributed by atoms with E-state index in [2.05, 4.69) is 24.3 Å². The van der Waals surface area contributed by atoms with Gasteiger partial charge in [-0.2, -0.15) is 10.4 Å². The summed E-state index contributed by atoms with van der Waals surface area (Å²) in [4.78, 5) is 1.15. The van der Waals surface area contributed by atoms with E-state index in [-0.39, 0.29) is 0 Å². The Balaban J connectivity index is 2.14. The highest BCUT2D eigenvalue weighted by Gasteiger charge is 2.25. The smallest absolute Gasteiger partial charge is 0.105 e. The third-order valence-corrected chi connectivity index (χ3v) is 4.39. The molecule has 0 atom stereocenters. The fourth-order valence-corrected chi connectivity index (χ4v) is 3.58. The molecule has 0 amide bonds. The summed E-state index contributed by atoms with van der Waals surface area (Å²) in [6.45, 7) is 3.08. The number of aryl methyl sites for hydroxylation is 2. The number of hydrogen-bond donors (Lipinski definition) is 1. The molecule has 2 aromatic rings. The molecule has 0 spiro atoms. The van der Waals surface area contributed by atoms with Crippen LogP contribution in [0, 0.1) is 11.3 Å². The van der Waals surface area contributed by atoms with Crippen molar-refractivity contribution in [1.29, 1.82) is 5.26 Å². The highest BCUT2D eigenvalue weighted by Crippen LogP contribution is 2.43. The first-order valence-corrected chi connectivity index (χ1v) is 6.94. The van der Waals surface area contributed by atoms with Crippen LogP contribution in [0.25, 0.3) is 10.4 Å². The first-order valence-electron chi connectivity index (χ1n) is 6.12. The van der Waals surface area contributed by atoms with Gasteiger partial charge in [0.1, 0.15) is 11.1 Å². The van der Waals surface area contributed by atoms with Crippen LogP contribution in [0.3, 0.4) is 0 Å². The monoisotopic (exact) mass is 258 g/mol. The van der Waals surface area contributed by atoms with Crippen molar-refractivity contribution in [3.63, 3.8) is 0 Å². The van der Waals surface area contributed by atoms with Crippen molar-refractivity contribution in [3.8, 4) is 16.5 Å². The highest BCUT2D eigenvalue weighted by atomic mass is 32.1. The van der Waals surface area contributed by atoms with Gasteiger partial charge in [-0.05, 0) is 24.8 Å². The van der Waals surface area contributed by atoms with Crippen LogP contribution >= 0.6 is 11.3 Å². The van der Waals surface area contributed by atoms with E-state index in [1.807, 2.05) is 4.68 Å². The van der Waals surface area contributed by atoms with Gasteiger partial charge in [0.05, 0.1) is 11.3 Å². The zero-order chi connectivity index (χ0) is 12.7. The Morgan fingerprint density at radius 3 is 3.11 bits per heavy atom. The number of anilines is 1. The van der Waals surface area contributed by atoms with E-state index in [1.54, 1.807) is 0 Å². The molecule has 0 aromatic carbocycles. The molecule has 0 saturated heterocycles. The number of hydrogen-bond acceptors (Lipinski definition) is 4. The average molecular weight is 258 g/mol. The van der Waals surface area contributed by atoms with E-state index in [0.717, 1.165) is 41.9 Å². The lowest BCUT2D eigenvalue weighted by molar-refractivity contribution is 0.593. The standard InChI is InChI=1S/C13H14N4S/c1-2-5-17-7-10-11(16-17)4-3-8-9(6-14)13(15)18-12(8)10/h7H,2-5,15H2,1H3. The number of aromatic nitrogens is 2. The summed E-state index contributed by atoms with van der Waals surface area (Å²) in [6.07, 6.45) is 4.95. The van der Waals surface area contributed by atoms with Crippen molar-refractivity contribution in [2.24, 2.45) is 0 Å². The number of fused-ring (bicyclic) bond motifs is 3. The predicted molar refractivity (Wildman–Crippen MR) is 72.4 cm³/mol. The van der Waals surface area contributed by atoms with Gasteiger partial charge >= 0.3 is 0 Å². The van der Waals surface area contributed by atoms with Crippen molar-refractivity contribution >= 4 is 16.3 Å². The maximum Gasteiger partial charge on any atom is 0.105 e. The Labute approximate surface area is 110 Å². The minimum atomic E-state index is 0.638. The first kappa shape index (κ1) is 11.3. The molecule has 0 unspecified atom stereocenters. The predicted octanol–water partition coefficient (Wildman–Crippen LogP) is 2.57. The molecule has 5 heteroatoms. The van der Waals surface area contributed by atoms with Crippen molar-refractivity contribution < 1.29 is 0 Å². The molecule has 92 valence electrons. The number of nitrogens with zero attached hydrogens (tertiary/aromatic N) is 3. The number of thiophene rings is 1. The molecule has 18 heavy (non-hydrogen) atoms. The number of nitrogen functional groups attached to an aromatic ring is 1. The quantitative estimate of drug-likeness (QED) is 0.900. The van der Waals surface area contributed by atoms with E-state index >= 15 is 0 Å². The summed E-state index contributed by atoms with van der Waals surface area (Å²) >= 11 is 1.52. The van der Waals surface area contributed by atoms with Gasteiger partial charge in [-0.3, -0.25) is 4.68 Å². The van der Waals surface area contributed by atoms with Gasteiger partial charge in [0, 0.05) is 23.2 Å². The van der Waals surface area contributed by atoms with E-state index in [1.165, 1.54) is 16.9 Å². The normalized spacial score (nSPS) is 12.9.